The van der Waals surface area contributed by atoms with Crippen LogP contribution in [0.1, 0.15) is 0 Å². The third kappa shape index (κ3) is 6.89. The topological polar surface area (TPSA) is 170 Å². The normalized spacial score (nSPS) is 12.6. The van der Waals surface area contributed by atoms with Crippen LogP contribution in [0.3, 0.4) is 0 Å². The first kappa shape index (κ1) is 28.4. The monoisotopic (exact) mass is 608 g/mol. The summed E-state index contributed by atoms with van der Waals surface area (Å²) in [6, 6.07) is 23.7. The van der Waals surface area contributed by atoms with Crippen molar-refractivity contribution < 1.29 is 38.4 Å². The van der Waals surface area contributed by atoms with E-state index in [2.05, 4.69) is 0 Å². The molecule has 39 heavy (non-hydrogen) atoms. The third-order valence-corrected chi connectivity index (χ3v) is 12.1. The maximum Gasteiger partial charge on any atom is 0.253 e. The highest BCUT2D eigenvalue weighted by Crippen LogP contribution is 2.25. The van der Waals surface area contributed by atoms with Crippen molar-refractivity contribution >= 4 is 40.1 Å². The van der Waals surface area contributed by atoms with Gasteiger partial charge in [-0.1, -0.05) is 36.4 Å². The predicted molar refractivity (Wildman–Crippen MR) is 141 cm³/mol. The van der Waals surface area contributed by atoms with Crippen molar-refractivity contribution in [1.29, 1.82) is 0 Å². The van der Waals surface area contributed by atoms with E-state index in [4.69, 9.17) is 4.74 Å². The van der Waals surface area contributed by atoms with Crippen LogP contribution < -0.4 is 13.0 Å². The van der Waals surface area contributed by atoms with Crippen LogP contribution in [-0.4, -0.2) is 33.7 Å². The Morgan fingerprint density at radius 2 is 0.615 bits per heavy atom. The fourth-order valence-corrected chi connectivity index (χ4v) is 9.06. The molecule has 0 spiro atoms. The van der Waals surface area contributed by atoms with Crippen LogP contribution in [-0.2, 0) is 40.1 Å². The Hall–Kier alpha value is -3.60. The lowest BCUT2D eigenvalue weighted by Crippen LogP contribution is -2.30. The molecule has 0 saturated carbocycles. The van der Waals surface area contributed by atoms with Gasteiger partial charge in [-0.15, -0.1) is 8.25 Å². The van der Waals surface area contributed by atoms with E-state index < -0.39 is 40.1 Å². The van der Waals surface area contributed by atoms with E-state index in [9.17, 15) is 33.7 Å². The summed E-state index contributed by atoms with van der Waals surface area (Å²) >= 11 is 0. The number of sulfonamides is 4. The largest absolute Gasteiger partial charge is 0.457 e. The molecule has 0 bridgehead atoms. The van der Waals surface area contributed by atoms with Gasteiger partial charge in [-0.2, -0.15) is 0 Å². The van der Waals surface area contributed by atoms with Gasteiger partial charge in [0.05, 0.1) is 19.6 Å². The van der Waals surface area contributed by atoms with Crippen LogP contribution in [0.25, 0.3) is 0 Å². The zero-order valence-electron chi connectivity index (χ0n) is 19.7. The first-order chi connectivity index (χ1) is 18.3. The second-order valence-electron chi connectivity index (χ2n) is 7.85. The summed E-state index contributed by atoms with van der Waals surface area (Å²) < 4.78 is 109. The number of benzene rings is 4. The van der Waals surface area contributed by atoms with Crippen molar-refractivity contribution in [1.82, 2.24) is 8.25 Å². The Balaban J connectivity index is 1.45. The Labute approximate surface area is 226 Å². The molecule has 0 aromatic heterocycles. The van der Waals surface area contributed by atoms with Gasteiger partial charge in [0.1, 0.15) is 11.5 Å². The lowest BCUT2D eigenvalue weighted by atomic mass is 10.3. The van der Waals surface area contributed by atoms with E-state index in [1.54, 1.807) is 20.4 Å². The molecule has 0 amide bonds. The molecular formula is C24H20N2O9S4. The summed E-state index contributed by atoms with van der Waals surface area (Å²) in [6.07, 6.45) is 0. The van der Waals surface area contributed by atoms with E-state index >= 15 is 0 Å². The van der Waals surface area contributed by atoms with Crippen molar-refractivity contribution in [3.63, 3.8) is 0 Å². The summed E-state index contributed by atoms with van der Waals surface area (Å²) in [4.78, 5) is -1.10. The average Bonchev–Trinajstić information content (AvgIpc) is 2.89. The Bertz CT molecular complexity index is 1750. The molecule has 11 nitrogen and oxygen atoms in total. The maximum absolute atomic E-state index is 12.6. The van der Waals surface area contributed by atoms with E-state index in [1.807, 2.05) is 0 Å². The molecular weight excluding hydrogens is 589 g/mol. The highest BCUT2D eigenvalue weighted by atomic mass is 32.3. The highest BCUT2D eigenvalue weighted by Gasteiger charge is 2.25. The molecule has 2 N–H and O–H groups in total. The van der Waals surface area contributed by atoms with Crippen molar-refractivity contribution in [3.8, 4) is 11.5 Å². The van der Waals surface area contributed by atoms with E-state index in [1.165, 1.54) is 72.8 Å². The summed E-state index contributed by atoms with van der Waals surface area (Å²) in [5.41, 5.74) is 0. The summed E-state index contributed by atoms with van der Waals surface area (Å²) in [6.45, 7) is 0. The molecule has 0 atom stereocenters. The number of hydrogen-bond acceptors (Lipinski definition) is 9. The lowest BCUT2D eigenvalue weighted by Gasteiger charge is -2.10. The maximum atomic E-state index is 12.6. The van der Waals surface area contributed by atoms with E-state index in [-0.39, 0.29) is 31.1 Å². The molecule has 0 saturated heterocycles. The fraction of sp³-hybridized carbons (Fsp3) is 0. The SMILES string of the molecule is O=S(=O)(NS(=O)(=O)c1ccc(Oc2ccc(S(=O)(=O)NS(=O)(=O)c3ccccc3)cc2)cc1)c1ccccc1. The highest BCUT2D eigenvalue weighted by molar-refractivity contribution is 8.05. The van der Waals surface area contributed by atoms with Gasteiger partial charge < -0.3 is 4.74 Å². The Kier molecular flexibility index (Phi) is 7.92. The first-order valence-electron chi connectivity index (χ1n) is 10.8. The molecule has 0 heterocycles. The second kappa shape index (κ2) is 10.9. The van der Waals surface area contributed by atoms with Gasteiger partial charge in [0.2, 0.25) is 0 Å². The van der Waals surface area contributed by atoms with Crippen molar-refractivity contribution in [3.05, 3.63) is 109 Å². The molecule has 0 aliphatic heterocycles. The number of hydrogen-bond donors (Lipinski definition) is 2. The lowest BCUT2D eigenvalue weighted by molar-refractivity contribution is 0.481. The molecule has 15 heteroatoms. The summed E-state index contributed by atoms with van der Waals surface area (Å²) in [7, 11) is -17.5. The first-order valence-corrected chi connectivity index (χ1v) is 16.8. The van der Waals surface area contributed by atoms with Gasteiger partial charge in [0, 0.05) is 0 Å². The molecule has 4 aromatic rings. The summed E-state index contributed by atoms with van der Waals surface area (Å²) in [5.74, 6) is 0.334. The minimum atomic E-state index is -4.43. The molecule has 4 aromatic carbocycles. The quantitative estimate of drug-likeness (QED) is 0.275. The molecule has 0 fully saturated rings. The number of rotatable bonds is 10. The second-order valence-corrected chi connectivity index (χ2v) is 15.1. The minimum Gasteiger partial charge on any atom is -0.457 e. The zero-order valence-corrected chi connectivity index (χ0v) is 23.0. The van der Waals surface area contributed by atoms with Crippen LogP contribution >= 0.6 is 0 Å². The van der Waals surface area contributed by atoms with Gasteiger partial charge in [-0.05, 0) is 72.8 Å². The van der Waals surface area contributed by atoms with E-state index in [0.717, 1.165) is 24.3 Å². The molecule has 0 radical (unpaired) electrons. The van der Waals surface area contributed by atoms with Crippen LogP contribution in [0.4, 0.5) is 0 Å². The van der Waals surface area contributed by atoms with Gasteiger partial charge in [0.25, 0.3) is 40.1 Å². The fourth-order valence-electron chi connectivity index (χ4n) is 3.19. The van der Waals surface area contributed by atoms with Gasteiger partial charge in [-0.3, -0.25) is 0 Å². The van der Waals surface area contributed by atoms with Crippen LogP contribution in [0.5, 0.6) is 11.5 Å². The molecule has 0 aliphatic rings. The Morgan fingerprint density at radius 1 is 0.359 bits per heavy atom. The number of nitrogens with one attached hydrogen (secondary N) is 2. The van der Waals surface area contributed by atoms with E-state index in [0.29, 0.717) is 0 Å². The Morgan fingerprint density at radius 3 is 0.897 bits per heavy atom. The predicted octanol–water partition coefficient (Wildman–Crippen LogP) is 2.81. The molecule has 204 valence electrons. The zero-order chi connectivity index (χ0) is 28.3. The van der Waals surface area contributed by atoms with Crippen LogP contribution in [0.2, 0.25) is 0 Å². The standard InChI is InChI=1S/C24H20N2O9S4/c27-36(28,21-7-3-1-4-8-21)25-38(31,32)23-15-11-19(12-16-23)35-20-13-17-24(18-14-20)39(33,34)26-37(29,30)22-9-5-2-6-10-22/h1-18,25-26H. The average molecular weight is 609 g/mol. The smallest absolute Gasteiger partial charge is 0.253 e. The van der Waals surface area contributed by atoms with Crippen molar-refractivity contribution in [2.45, 2.75) is 19.6 Å². The molecule has 0 aliphatic carbocycles. The number of ether oxygens (including phenoxy) is 1. The van der Waals surface area contributed by atoms with Gasteiger partial charge in [-0.25, -0.2) is 33.7 Å². The minimum absolute atomic E-state index is 0.167. The molecule has 4 rings (SSSR count). The van der Waals surface area contributed by atoms with Crippen LogP contribution in [0.15, 0.2) is 129 Å². The summed E-state index contributed by atoms with van der Waals surface area (Å²) in [5, 5.41) is 0. The van der Waals surface area contributed by atoms with Crippen LogP contribution in [0, 0.1) is 0 Å². The third-order valence-electron chi connectivity index (χ3n) is 5.05. The van der Waals surface area contributed by atoms with Crippen molar-refractivity contribution in [2.75, 3.05) is 0 Å². The molecule has 0 unspecified atom stereocenters. The van der Waals surface area contributed by atoms with Crippen molar-refractivity contribution in [2.24, 2.45) is 0 Å². The van der Waals surface area contributed by atoms with Gasteiger partial charge in [0.15, 0.2) is 0 Å². The van der Waals surface area contributed by atoms with Gasteiger partial charge >= 0.3 is 0 Å².